The molecule has 2 aliphatic rings. The highest BCUT2D eigenvalue weighted by Gasteiger charge is 2.32. The topological polar surface area (TPSA) is 131 Å². The Morgan fingerprint density at radius 2 is 1.80 bits per heavy atom. The van der Waals surface area contributed by atoms with Crippen molar-refractivity contribution in [3.8, 4) is 5.88 Å². The lowest BCUT2D eigenvalue weighted by Gasteiger charge is -2.35. The molecule has 2 amide bonds. The molecule has 12 heteroatoms. The van der Waals surface area contributed by atoms with Crippen molar-refractivity contribution >= 4 is 40.9 Å². The van der Waals surface area contributed by atoms with Crippen molar-refractivity contribution in [3.63, 3.8) is 0 Å². The number of aromatic nitrogens is 3. The number of nitrogens with one attached hydrogen (secondary N) is 2. The van der Waals surface area contributed by atoms with Crippen LogP contribution < -0.4 is 25.2 Å². The lowest BCUT2D eigenvalue weighted by molar-refractivity contribution is 0.0566. The average Bonchev–Trinajstić information content (AvgIpc) is 2.92. The first-order valence-electron chi connectivity index (χ1n) is 13.1. The number of anilines is 5. The molecule has 2 aromatic heterocycles. The van der Waals surface area contributed by atoms with Crippen molar-refractivity contribution in [1.82, 2.24) is 15.0 Å². The predicted octanol–water partition coefficient (Wildman–Crippen LogP) is 4.80. The summed E-state index contributed by atoms with van der Waals surface area (Å²) in [7, 11) is 1.32. The van der Waals surface area contributed by atoms with Crippen molar-refractivity contribution in [2.45, 2.75) is 46.3 Å². The average molecular weight is 548 g/mol. The summed E-state index contributed by atoms with van der Waals surface area (Å²) in [6, 6.07) is 7.16. The predicted molar refractivity (Wildman–Crippen MR) is 151 cm³/mol. The minimum absolute atomic E-state index is 0.354. The fourth-order valence-corrected chi connectivity index (χ4v) is 4.65. The largest absolute Gasteiger partial charge is 0.474 e. The van der Waals surface area contributed by atoms with Crippen LogP contribution >= 0.6 is 0 Å². The molecule has 210 valence electrons. The minimum Gasteiger partial charge on any atom is -0.474 e. The molecule has 0 spiro atoms. The number of nitrogens with zero attached hydrogens (tertiary/aromatic N) is 5. The first kappa shape index (κ1) is 27.0. The zero-order valence-corrected chi connectivity index (χ0v) is 23.3. The monoisotopic (exact) mass is 547 g/mol. The second kappa shape index (κ2) is 10.9. The van der Waals surface area contributed by atoms with Crippen LogP contribution in [0.15, 0.2) is 36.7 Å². The van der Waals surface area contributed by atoms with Gasteiger partial charge in [-0.1, -0.05) is 0 Å². The summed E-state index contributed by atoms with van der Waals surface area (Å²) in [5.74, 6) is 0.899. The molecular weight excluding hydrogens is 514 g/mol. The molecule has 2 aliphatic heterocycles. The third-order valence-electron chi connectivity index (χ3n) is 6.54. The van der Waals surface area contributed by atoms with Gasteiger partial charge in [0.05, 0.1) is 37.8 Å². The molecule has 2 N–H and O–H groups in total. The molecule has 3 aromatic rings. The van der Waals surface area contributed by atoms with Gasteiger partial charge in [-0.2, -0.15) is 0 Å². The van der Waals surface area contributed by atoms with Crippen molar-refractivity contribution in [1.29, 1.82) is 0 Å². The number of fused-ring (bicyclic) bond motifs is 2. The zero-order chi connectivity index (χ0) is 28.4. The molecule has 0 aliphatic carbocycles. The van der Waals surface area contributed by atoms with E-state index in [0.717, 1.165) is 41.2 Å². The highest BCUT2D eigenvalue weighted by Crippen LogP contribution is 2.39. The number of hydrogen-bond acceptors (Lipinski definition) is 10. The number of rotatable bonds is 4. The Labute approximate surface area is 232 Å². The van der Waals surface area contributed by atoms with Crippen LogP contribution in [0, 0.1) is 6.92 Å². The molecule has 0 atom stereocenters. The Bertz CT molecular complexity index is 1420. The van der Waals surface area contributed by atoms with E-state index >= 15 is 0 Å². The first-order chi connectivity index (χ1) is 19.1. The normalized spacial score (nSPS) is 14.4. The van der Waals surface area contributed by atoms with Gasteiger partial charge >= 0.3 is 12.2 Å². The molecule has 0 saturated heterocycles. The van der Waals surface area contributed by atoms with Crippen LogP contribution in [-0.4, -0.2) is 59.5 Å². The van der Waals surface area contributed by atoms with Crippen molar-refractivity contribution < 1.29 is 23.8 Å². The molecule has 12 nitrogen and oxygen atoms in total. The molecule has 0 radical (unpaired) electrons. The van der Waals surface area contributed by atoms with Gasteiger partial charge in [-0.25, -0.2) is 24.5 Å². The molecule has 4 heterocycles. The maximum absolute atomic E-state index is 13.0. The summed E-state index contributed by atoms with van der Waals surface area (Å²) in [5, 5.41) is 5.84. The number of carbonyl (C=O) groups is 2. The lowest BCUT2D eigenvalue weighted by Crippen LogP contribution is -2.42. The Kier molecular flexibility index (Phi) is 7.33. The van der Waals surface area contributed by atoms with Crippen molar-refractivity contribution in [3.05, 3.63) is 53.5 Å². The summed E-state index contributed by atoms with van der Waals surface area (Å²) in [4.78, 5) is 42.1. The highest BCUT2D eigenvalue weighted by molar-refractivity contribution is 5.92. The van der Waals surface area contributed by atoms with Gasteiger partial charge in [0.25, 0.3) is 0 Å². The fourth-order valence-electron chi connectivity index (χ4n) is 4.65. The van der Waals surface area contributed by atoms with E-state index in [-0.39, 0.29) is 0 Å². The quantitative estimate of drug-likeness (QED) is 0.470. The fraction of sp³-hybridized carbons (Fsp3) is 0.393. The summed E-state index contributed by atoms with van der Waals surface area (Å²) in [6.07, 6.45) is 3.47. The van der Waals surface area contributed by atoms with Gasteiger partial charge in [0, 0.05) is 29.7 Å². The number of hydrogen-bond donors (Lipinski definition) is 2. The zero-order valence-electron chi connectivity index (χ0n) is 23.3. The van der Waals surface area contributed by atoms with Crippen LogP contribution in [0.25, 0.3) is 0 Å². The van der Waals surface area contributed by atoms with Gasteiger partial charge in [0.15, 0.2) is 0 Å². The number of carbonyl (C=O) groups excluding carboxylic acids is 2. The summed E-state index contributed by atoms with van der Waals surface area (Å²) in [6.45, 7) is 9.58. The molecule has 40 heavy (non-hydrogen) atoms. The van der Waals surface area contributed by atoms with Crippen LogP contribution in [0.1, 0.15) is 37.6 Å². The van der Waals surface area contributed by atoms with Crippen LogP contribution in [-0.2, 0) is 22.4 Å². The van der Waals surface area contributed by atoms with Gasteiger partial charge in [-0.15, -0.1) is 0 Å². The molecule has 0 saturated carbocycles. The number of amides is 2. The Morgan fingerprint density at radius 1 is 1.05 bits per heavy atom. The van der Waals surface area contributed by atoms with E-state index in [0.29, 0.717) is 42.9 Å². The highest BCUT2D eigenvalue weighted by atomic mass is 16.6. The van der Waals surface area contributed by atoms with E-state index < -0.39 is 17.8 Å². The van der Waals surface area contributed by atoms with Crippen LogP contribution in [0.5, 0.6) is 5.88 Å². The molecule has 0 fully saturated rings. The number of benzene rings is 1. The third-order valence-corrected chi connectivity index (χ3v) is 6.54. The van der Waals surface area contributed by atoms with Gasteiger partial charge in [-0.05, 0) is 63.9 Å². The van der Waals surface area contributed by atoms with E-state index in [1.807, 2.05) is 46.0 Å². The lowest BCUT2D eigenvalue weighted by atomic mass is 10.0. The van der Waals surface area contributed by atoms with Gasteiger partial charge in [-0.3, -0.25) is 10.2 Å². The summed E-state index contributed by atoms with van der Waals surface area (Å²) in [5.41, 5.74) is 5.21. The molecular formula is C28H33N7O5. The van der Waals surface area contributed by atoms with Crippen molar-refractivity contribution in [2.75, 3.05) is 47.2 Å². The summed E-state index contributed by atoms with van der Waals surface area (Å²) >= 11 is 0. The SMILES string of the molecule is COC(=O)Nc1ccc(Nc2ncc3c(n2)CN(c2cnc4c(c2C)N(C(=O)OC(C)(C)C)CCO4)CC3)cc1. The van der Waals surface area contributed by atoms with E-state index in [9.17, 15) is 9.59 Å². The van der Waals surface area contributed by atoms with E-state index in [1.165, 1.54) is 7.11 Å². The van der Waals surface area contributed by atoms with Gasteiger partial charge < -0.3 is 24.4 Å². The number of methoxy groups -OCH3 is 1. The van der Waals surface area contributed by atoms with Crippen LogP contribution in [0.4, 0.5) is 38.3 Å². The van der Waals surface area contributed by atoms with Crippen LogP contribution in [0.3, 0.4) is 0 Å². The minimum atomic E-state index is -0.613. The number of pyridine rings is 1. The second-order valence-electron chi connectivity index (χ2n) is 10.6. The number of ether oxygens (including phenoxy) is 3. The van der Waals surface area contributed by atoms with E-state index in [2.05, 4.69) is 30.2 Å². The molecule has 0 bridgehead atoms. The standard InChI is InChI=1S/C28H33N7O5/c1-17-22(15-29-24-23(17)35(12-13-39-24)27(37)40-28(2,3)4)34-11-10-18-14-30-25(33-21(18)16-34)31-19-6-8-20(9-7-19)32-26(36)38-5/h6-9,14-15H,10-13,16H2,1-5H3,(H,32,36)(H,30,31,33). The summed E-state index contributed by atoms with van der Waals surface area (Å²) < 4.78 is 16.1. The first-order valence-corrected chi connectivity index (χ1v) is 13.1. The van der Waals surface area contributed by atoms with Gasteiger partial charge in [0.1, 0.15) is 17.9 Å². The molecule has 1 aromatic carbocycles. The second-order valence-corrected chi connectivity index (χ2v) is 10.6. The maximum atomic E-state index is 13.0. The molecule has 5 rings (SSSR count). The van der Waals surface area contributed by atoms with Crippen LogP contribution in [0.2, 0.25) is 0 Å². The Balaban J connectivity index is 1.34. The van der Waals surface area contributed by atoms with E-state index in [4.69, 9.17) is 14.5 Å². The maximum Gasteiger partial charge on any atom is 0.415 e. The Morgan fingerprint density at radius 3 is 2.52 bits per heavy atom. The van der Waals surface area contributed by atoms with Crippen molar-refractivity contribution in [2.24, 2.45) is 0 Å². The van der Waals surface area contributed by atoms with E-state index in [1.54, 1.807) is 23.2 Å². The Hall–Kier alpha value is -4.61. The third kappa shape index (κ3) is 5.85. The molecule has 0 unspecified atom stereocenters. The smallest absolute Gasteiger partial charge is 0.415 e. The van der Waals surface area contributed by atoms with Gasteiger partial charge in [0.2, 0.25) is 11.8 Å².